The first-order chi connectivity index (χ1) is 30.6. The fourth-order valence-electron chi connectivity index (χ4n) is 9.46. The highest BCUT2D eigenvalue weighted by molar-refractivity contribution is 14.1. The van der Waals surface area contributed by atoms with E-state index in [1.807, 2.05) is 65.0 Å². The summed E-state index contributed by atoms with van der Waals surface area (Å²) in [7, 11) is 4.12. The summed E-state index contributed by atoms with van der Waals surface area (Å²) in [5.74, 6) is 0.516. The van der Waals surface area contributed by atoms with Gasteiger partial charge in [-0.1, -0.05) is 109 Å². The number of ether oxygens (including phenoxy) is 1. The number of carbonyl (C=O) groups excluding carboxylic acids is 1. The van der Waals surface area contributed by atoms with Crippen molar-refractivity contribution in [2.24, 2.45) is 0 Å². The van der Waals surface area contributed by atoms with E-state index in [9.17, 15) is 4.79 Å². The molecule has 1 amide bonds. The first-order valence-corrected chi connectivity index (χ1v) is 23.3. The lowest BCUT2D eigenvalue weighted by molar-refractivity contribution is 0.0130. The number of rotatable bonds is 8. The maximum absolute atomic E-state index is 18.2. The topological polar surface area (TPSA) is 82.9 Å². The minimum atomic E-state index is -0.899. The quantitative estimate of drug-likeness (QED) is 0.110. The van der Waals surface area contributed by atoms with Crippen LogP contribution >= 0.6 is 34.2 Å². The van der Waals surface area contributed by atoms with Crippen molar-refractivity contribution >= 4 is 73.9 Å². The van der Waals surface area contributed by atoms with Crippen LogP contribution in [0.15, 0.2) is 109 Å². The highest BCUT2D eigenvalue weighted by Gasteiger charge is 2.42. The van der Waals surface area contributed by atoms with Gasteiger partial charge in [0.05, 0.1) is 10.5 Å². The SMILES string of the molecule is Cc1ccc2c(c(I)nn2C(c2ccccc2)(c2ccccc2)c2ccccc2)c1-c1c(Cl)cc2c(N3C[C@@H](C)N(C(=O)OC(C)(C)C)C[C@@H]3C)nc(N3CC(N(C)C)C3)nc2c1F. The molecular weight excluding hydrogens is 938 g/mol. The molecule has 2 aliphatic heterocycles. The monoisotopic (exact) mass is 990 g/mol. The average Bonchev–Trinajstić information content (AvgIpc) is 3.58. The van der Waals surface area contributed by atoms with Crippen LogP contribution in [0.3, 0.4) is 0 Å². The van der Waals surface area contributed by atoms with Crippen LogP contribution in [0, 0.1) is 16.4 Å². The second-order valence-electron chi connectivity index (χ2n) is 18.5. The maximum atomic E-state index is 18.2. The number of fused-ring (bicyclic) bond motifs is 2. The number of hydrogen-bond acceptors (Lipinski definition) is 8. The van der Waals surface area contributed by atoms with Crippen molar-refractivity contribution in [1.82, 2.24) is 29.5 Å². The van der Waals surface area contributed by atoms with Crippen LogP contribution in [0.5, 0.6) is 0 Å². The molecule has 2 aromatic heterocycles. The Morgan fingerprint density at radius 2 is 1.39 bits per heavy atom. The zero-order chi connectivity index (χ0) is 45.2. The van der Waals surface area contributed by atoms with Gasteiger partial charge in [-0.25, -0.2) is 18.9 Å². The summed E-state index contributed by atoms with van der Waals surface area (Å²) in [6.45, 7) is 13.9. The molecule has 0 aliphatic carbocycles. The Kier molecular flexibility index (Phi) is 11.6. The lowest BCUT2D eigenvalue weighted by atomic mass is 9.77. The number of carbonyl (C=O) groups is 1. The summed E-state index contributed by atoms with van der Waals surface area (Å²) < 4.78 is 26.8. The van der Waals surface area contributed by atoms with Crippen molar-refractivity contribution in [3.05, 3.63) is 146 Å². The van der Waals surface area contributed by atoms with E-state index in [0.29, 0.717) is 58.6 Å². The van der Waals surface area contributed by atoms with Crippen LogP contribution in [0.1, 0.15) is 56.9 Å². The van der Waals surface area contributed by atoms with E-state index in [2.05, 4.69) is 142 Å². The summed E-state index contributed by atoms with van der Waals surface area (Å²) in [4.78, 5) is 31.8. The molecule has 64 heavy (non-hydrogen) atoms. The van der Waals surface area contributed by atoms with Gasteiger partial charge < -0.3 is 24.3 Å². The van der Waals surface area contributed by atoms with Crippen LogP contribution < -0.4 is 9.80 Å². The Labute approximate surface area is 393 Å². The Hall–Kier alpha value is -5.31. The van der Waals surface area contributed by atoms with Gasteiger partial charge in [0.15, 0.2) is 5.82 Å². The summed E-state index contributed by atoms with van der Waals surface area (Å²) >= 11 is 9.72. The van der Waals surface area contributed by atoms with Gasteiger partial charge in [0.25, 0.3) is 0 Å². The Morgan fingerprint density at radius 3 is 1.94 bits per heavy atom. The third-order valence-electron chi connectivity index (χ3n) is 12.8. The largest absolute Gasteiger partial charge is 0.444 e. The molecule has 2 aliphatic rings. The molecule has 330 valence electrons. The first kappa shape index (κ1) is 43.9. The lowest BCUT2D eigenvalue weighted by Crippen LogP contribution is -2.59. The van der Waals surface area contributed by atoms with Crippen LogP contribution in [0.2, 0.25) is 5.02 Å². The third-order valence-corrected chi connectivity index (χ3v) is 13.8. The second kappa shape index (κ2) is 16.9. The molecule has 5 aromatic carbocycles. The van der Waals surface area contributed by atoms with Crippen molar-refractivity contribution in [3.8, 4) is 11.1 Å². The number of likely N-dealkylation sites (N-methyl/N-ethyl adjacent to an activating group) is 1. The molecule has 2 saturated heterocycles. The molecule has 0 bridgehead atoms. The zero-order valence-corrected chi connectivity index (χ0v) is 40.4. The Morgan fingerprint density at radius 1 is 0.812 bits per heavy atom. The molecule has 0 N–H and O–H groups in total. The molecule has 2 atom stereocenters. The van der Waals surface area contributed by atoms with Gasteiger partial charge in [-0.2, -0.15) is 10.1 Å². The molecule has 0 radical (unpaired) electrons. The number of halogens is 3. The number of nitrogens with zero attached hydrogens (tertiary/aromatic N) is 8. The van der Waals surface area contributed by atoms with E-state index in [-0.39, 0.29) is 34.3 Å². The van der Waals surface area contributed by atoms with E-state index < -0.39 is 17.0 Å². The minimum absolute atomic E-state index is 0.176. The number of aryl methyl sites for hydroxylation is 1. The van der Waals surface area contributed by atoms with Crippen molar-refractivity contribution in [2.75, 3.05) is 50.1 Å². The number of piperazine rings is 1. The van der Waals surface area contributed by atoms with Crippen LogP contribution in [0.25, 0.3) is 32.9 Å². The molecule has 7 aromatic rings. The minimum Gasteiger partial charge on any atom is -0.444 e. The highest BCUT2D eigenvalue weighted by Crippen LogP contribution is 2.48. The molecule has 13 heteroatoms. The van der Waals surface area contributed by atoms with Gasteiger partial charge in [-0.15, -0.1) is 0 Å². The number of aromatic nitrogens is 4. The normalized spacial score (nSPS) is 17.4. The van der Waals surface area contributed by atoms with Crippen molar-refractivity contribution < 1.29 is 13.9 Å². The molecule has 0 unspecified atom stereocenters. The number of hydrogen-bond donors (Lipinski definition) is 0. The number of amides is 1. The predicted molar refractivity (Wildman–Crippen MR) is 264 cm³/mol. The second-order valence-corrected chi connectivity index (χ2v) is 19.9. The fraction of sp³-hybridized carbons (Fsp3) is 0.333. The lowest BCUT2D eigenvalue weighted by Gasteiger charge is -2.46. The van der Waals surface area contributed by atoms with Gasteiger partial charge in [-0.05, 0) is 113 Å². The van der Waals surface area contributed by atoms with Gasteiger partial charge in [0, 0.05) is 66.2 Å². The summed E-state index contributed by atoms with van der Waals surface area (Å²) in [5.41, 5.74) is 4.34. The van der Waals surface area contributed by atoms with Gasteiger partial charge in [-0.3, -0.25) is 0 Å². The van der Waals surface area contributed by atoms with Crippen molar-refractivity contribution in [3.63, 3.8) is 0 Å². The highest BCUT2D eigenvalue weighted by atomic mass is 127. The van der Waals surface area contributed by atoms with Gasteiger partial charge in [0.1, 0.15) is 26.2 Å². The van der Waals surface area contributed by atoms with Crippen molar-refractivity contribution in [1.29, 1.82) is 0 Å². The number of anilines is 2. The molecule has 4 heterocycles. The number of benzene rings is 5. The maximum Gasteiger partial charge on any atom is 0.410 e. The molecular formula is C51H53ClFIN8O2. The predicted octanol–water partition coefficient (Wildman–Crippen LogP) is 10.8. The smallest absolute Gasteiger partial charge is 0.410 e. The standard InChI is InChI=1S/C51H53ClFIN8O2/c1-31-24-25-40-43(46(54)57-62(40)51(34-18-12-9-13-19-34,35-20-14-10-15-21-35)36-22-16-11-17-23-36)41(31)42-39(52)26-38-45(44(42)53)55-48(59-29-37(30-59)58(7)8)56-47(38)60-27-33(3)61(28-32(60)2)49(63)64-50(4,5)6/h9-26,32-33,37H,27-30H2,1-8H3/t32-,33+/m0/s1. The Balaban J connectivity index is 1.25. The zero-order valence-electron chi connectivity index (χ0n) is 37.5. The average molecular weight is 991 g/mol. The van der Waals surface area contributed by atoms with Crippen LogP contribution in [0.4, 0.5) is 21.0 Å². The van der Waals surface area contributed by atoms with E-state index in [0.717, 1.165) is 33.2 Å². The molecule has 9 rings (SSSR count). The van der Waals surface area contributed by atoms with E-state index in [1.54, 1.807) is 4.90 Å². The van der Waals surface area contributed by atoms with Gasteiger partial charge >= 0.3 is 6.09 Å². The Bertz CT molecular complexity index is 2770. The van der Waals surface area contributed by atoms with Crippen molar-refractivity contribution in [2.45, 2.75) is 70.8 Å². The van der Waals surface area contributed by atoms with Crippen LogP contribution in [-0.4, -0.2) is 99.6 Å². The van der Waals surface area contributed by atoms with Gasteiger partial charge in [0.2, 0.25) is 5.95 Å². The third kappa shape index (κ3) is 7.54. The summed E-state index contributed by atoms with van der Waals surface area (Å²) in [6.07, 6.45) is -0.357. The van der Waals surface area contributed by atoms with E-state index in [1.165, 1.54) is 0 Å². The first-order valence-electron chi connectivity index (χ1n) is 21.8. The van der Waals surface area contributed by atoms with E-state index in [4.69, 9.17) is 31.4 Å². The molecule has 2 fully saturated rings. The van der Waals surface area contributed by atoms with Crippen LogP contribution in [-0.2, 0) is 10.3 Å². The fourth-order valence-corrected chi connectivity index (χ4v) is 10.5. The molecule has 0 saturated carbocycles. The molecule has 0 spiro atoms. The molecule has 10 nitrogen and oxygen atoms in total. The van der Waals surface area contributed by atoms with E-state index >= 15 is 4.39 Å². The summed E-state index contributed by atoms with van der Waals surface area (Å²) in [5, 5.41) is 6.95. The summed E-state index contributed by atoms with van der Waals surface area (Å²) in [6, 6.07) is 37.1.